The summed E-state index contributed by atoms with van der Waals surface area (Å²) in [6, 6.07) is 28.3. The summed E-state index contributed by atoms with van der Waals surface area (Å²) in [7, 11) is -3.99. The molecular formula is C32H31IN4O6S. The van der Waals surface area contributed by atoms with Gasteiger partial charge in [-0.1, -0.05) is 48.5 Å². The number of hydrogen-bond acceptors (Lipinski definition) is 7. The third-order valence-electron chi connectivity index (χ3n) is 6.09. The van der Waals surface area contributed by atoms with Crippen LogP contribution in [0.2, 0.25) is 0 Å². The van der Waals surface area contributed by atoms with E-state index in [9.17, 15) is 18.0 Å². The van der Waals surface area contributed by atoms with Crippen molar-refractivity contribution >= 4 is 56.3 Å². The number of halogens is 1. The molecule has 10 nitrogen and oxygen atoms in total. The Morgan fingerprint density at radius 3 is 2.25 bits per heavy atom. The molecule has 12 heteroatoms. The largest absolute Gasteiger partial charge is 0.490 e. The molecule has 228 valence electrons. The Labute approximate surface area is 270 Å². The van der Waals surface area contributed by atoms with Gasteiger partial charge in [-0.2, -0.15) is 9.82 Å². The molecule has 0 aliphatic carbocycles. The number of carbonyl (C=O) groups is 2. The van der Waals surface area contributed by atoms with Crippen LogP contribution < -0.4 is 24.9 Å². The van der Waals surface area contributed by atoms with Gasteiger partial charge in [0, 0.05) is 9.26 Å². The molecule has 0 fully saturated rings. The highest BCUT2D eigenvalue weighted by Gasteiger charge is 2.26. The van der Waals surface area contributed by atoms with Gasteiger partial charge in [-0.3, -0.25) is 9.59 Å². The molecule has 3 N–H and O–H groups in total. The standard InChI is InChI=1S/C32H31IN4O6S/c1-2-42-30-20-24(13-18-29(30)43-22-31(38)35-26-11-7-4-8-12-26)21-34-36-32(39)28(19-23-9-5-3-6-10-23)37-44(40,41)27-16-14-25(33)15-17-27/h3-18,20-21,28,37H,2,19,22H2,1H3,(H,35,38)(H,36,39)/b34-21-/t28-/m0/s1. The zero-order chi connectivity index (χ0) is 31.4. The molecule has 4 aromatic carbocycles. The third-order valence-corrected chi connectivity index (χ3v) is 8.30. The minimum absolute atomic E-state index is 0.0515. The lowest BCUT2D eigenvalue weighted by molar-refractivity contribution is -0.122. The van der Waals surface area contributed by atoms with Crippen LogP contribution in [0.5, 0.6) is 11.5 Å². The van der Waals surface area contributed by atoms with Gasteiger partial charge in [0.1, 0.15) is 6.04 Å². The second kappa shape index (κ2) is 16.0. The first-order valence-electron chi connectivity index (χ1n) is 13.6. The van der Waals surface area contributed by atoms with Crippen LogP contribution in [0.25, 0.3) is 0 Å². The Bertz CT molecular complexity index is 1690. The molecule has 0 aliphatic rings. The van der Waals surface area contributed by atoms with Crippen LogP contribution in [0.1, 0.15) is 18.1 Å². The summed E-state index contributed by atoms with van der Waals surface area (Å²) in [6.07, 6.45) is 1.52. The van der Waals surface area contributed by atoms with E-state index in [0.717, 1.165) is 9.13 Å². The highest BCUT2D eigenvalue weighted by atomic mass is 127. The Morgan fingerprint density at radius 2 is 1.57 bits per heavy atom. The van der Waals surface area contributed by atoms with E-state index in [2.05, 4.69) is 43.2 Å². The van der Waals surface area contributed by atoms with Crippen molar-refractivity contribution in [3.05, 3.63) is 118 Å². The number of hydrogen-bond donors (Lipinski definition) is 3. The third kappa shape index (κ3) is 9.89. The van der Waals surface area contributed by atoms with E-state index in [1.807, 2.05) is 55.5 Å². The minimum Gasteiger partial charge on any atom is -0.490 e. The molecule has 4 aromatic rings. The first-order chi connectivity index (χ1) is 21.2. The van der Waals surface area contributed by atoms with Gasteiger partial charge in [0.05, 0.1) is 17.7 Å². The summed E-state index contributed by atoms with van der Waals surface area (Å²) in [6.45, 7) is 1.95. The average Bonchev–Trinajstić information content (AvgIpc) is 3.01. The molecule has 1 atom stereocenters. The van der Waals surface area contributed by atoms with E-state index in [1.165, 1.54) is 18.3 Å². The van der Waals surface area contributed by atoms with Crippen molar-refractivity contribution in [1.29, 1.82) is 0 Å². The molecule has 0 saturated carbocycles. The number of sulfonamides is 1. The van der Waals surface area contributed by atoms with Crippen LogP contribution in [0.3, 0.4) is 0 Å². The van der Waals surface area contributed by atoms with Crippen molar-refractivity contribution in [2.75, 3.05) is 18.5 Å². The Kier molecular flexibility index (Phi) is 11.9. The van der Waals surface area contributed by atoms with Crippen molar-refractivity contribution in [2.24, 2.45) is 5.10 Å². The number of benzene rings is 4. The average molecular weight is 727 g/mol. The fraction of sp³-hybridized carbons (Fsp3) is 0.156. The molecule has 0 heterocycles. The highest BCUT2D eigenvalue weighted by molar-refractivity contribution is 14.1. The van der Waals surface area contributed by atoms with Gasteiger partial charge in [-0.25, -0.2) is 13.8 Å². The van der Waals surface area contributed by atoms with Crippen molar-refractivity contribution < 1.29 is 27.5 Å². The summed E-state index contributed by atoms with van der Waals surface area (Å²) in [4.78, 5) is 25.5. The van der Waals surface area contributed by atoms with Gasteiger partial charge < -0.3 is 14.8 Å². The van der Waals surface area contributed by atoms with Crippen molar-refractivity contribution in [1.82, 2.24) is 10.1 Å². The van der Waals surface area contributed by atoms with E-state index >= 15 is 0 Å². The van der Waals surface area contributed by atoms with Crippen molar-refractivity contribution in [2.45, 2.75) is 24.3 Å². The first kappa shape index (κ1) is 32.6. The number of para-hydroxylation sites is 1. The molecule has 0 aliphatic heterocycles. The van der Waals surface area contributed by atoms with Gasteiger partial charge >= 0.3 is 0 Å². The number of rotatable bonds is 14. The quantitative estimate of drug-likeness (QED) is 0.0977. The van der Waals surface area contributed by atoms with Crippen LogP contribution >= 0.6 is 22.6 Å². The predicted octanol–water partition coefficient (Wildman–Crippen LogP) is 4.75. The summed E-state index contributed by atoms with van der Waals surface area (Å²) in [5.74, 6) is -0.199. The number of ether oxygens (including phenoxy) is 2. The van der Waals surface area contributed by atoms with E-state index in [-0.39, 0.29) is 23.8 Å². The molecule has 0 radical (unpaired) electrons. The minimum atomic E-state index is -3.99. The zero-order valence-corrected chi connectivity index (χ0v) is 26.7. The number of carbonyl (C=O) groups excluding carboxylic acids is 2. The second-order valence-electron chi connectivity index (χ2n) is 9.39. The maximum Gasteiger partial charge on any atom is 0.262 e. The van der Waals surface area contributed by atoms with Gasteiger partial charge in [0.25, 0.3) is 11.8 Å². The second-order valence-corrected chi connectivity index (χ2v) is 12.4. The maximum atomic E-state index is 13.2. The Morgan fingerprint density at radius 1 is 0.886 bits per heavy atom. The van der Waals surface area contributed by atoms with E-state index in [0.29, 0.717) is 29.4 Å². The maximum absolute atomic E-state index is 13.2. The molecule has 0 spiro atoms. The monoisotopic (exact) mass is 726 g/mol. The number of nitrogens with zero attached hydrogens (tertiary/aromatic N) is 1. The van der Waals surface area contributed by atoms with E-state index in [4.69, 9.17) is 9.47 Å². The SMILES string of the molecule is CCOc1cc(/C=N\NC(=O)[C@H](Cc2ccccc2)NS(=O)(=O)c2ccc(I)cc2)ccc1OCC(=O)Nc1ccccc1. The van der Waals surface area contributed by atoms with Gasteiger partial charge in [-0.05, 0) is 102 Å². The van der Waals surface area contributed by atoms with Crippen LogP contribution in [-0.2, 0) is 26.0 Å². The molecule has 0 unspecified atom stereocenters. The number of anilines is 1. The highest BCUT2D eigenvalue weighted by Crippen LogP contribution is 2.28. The van der Waals surface area contributed by atoms with E-state index < -0.39 is 22.0 Å². The molecule has 0 aromatic heterocycles. The summed E-state index contributed by atoms with van der Waals surface area (Å²) >= 11 is 2.09. The molecule has 0 saturated heterocycles. The fourth-order valence-corrected chi connectivity index (χ4v) is 5.56. The van der Waals surface area contributed by atoms with Gasteiger partial charge in [0.15, 0.2) is 18.1 Å². The van der Waals surface area contributed by atoms with Crippen molar-refractivity contribution in [3.63, 3.8) is 0 Å². The number of hydrazone groups is 1. The normalized spacial score (nSPS) is 12.0. The molecule has 0 bridgehead atoms. The van der Waals surface area contributed by atoms with Gasteiger partial charge in [0.2, 0.25) is 10.0 Å². The number of amides is 2. The van der Waals surface area contributed by atoms with Crippen LogP contribution in [-0.4, -0.2) is 45.7 Å². The summed E-state index contributed by atoms with van der Waals surface area (Å²) < 4.78 is 40.9. The van der Waals surface area contributed by atoms with Crippen LogP contribution in [0.15, 0.2) is 113 Å². The van der Waals surface area contributed by atoms with Crippen molar-refractivity contribution in [3.8, 4) is 11.5 Å². The molecule has 44 heavy (non-hydrogen) atoms. The first-order valence-corrected chi connectivity index (χ1v) is 16.2. The van der Waals surface area contributed by atoms with Crippen LogP contribution in [0, 0.1) is 3.57 Å². The lowest BCUT2D eigenvalue weighted by Gasteiger charge is -2.17. The molecular weight excluding hydrogens is 695 g/mol. The summed E-state index contributed by atoms with van der Waals surface area (Å²) in [5.41, 5.74) is 4.45. The topological polar surface area (TPSA) is 135 Å². The smallest absolute Gasteiger partial charge is 0.262 e. The number of nitrogens with one attached hydrogen (secondary N) is 3. The lowest BCUT2D eigenvalue weighted by atomic mass is 10.1. The Balaban J connectivity index is 1.42. The van der Waals surface area contributed by atoms with Crippen LogP contribution in [0.4, 0.5) is 5.69 Å². The predicted molar refractivity (Wildman–Crippen MR) is 177 cm³/mol. The Hall–Kier alpha value is -4.27. The fourth-order valence-electron chi connectivity index (χ4n) is 4.01. The summed E-state index contributed by atoms with van der Waals surface area (Å²) in [5, 5.41) is 6.80. The van der Waals surface area contributed by atoms with E-state index in [1.54, 1.807) is 42.5 Å². The molecule has 2 amide bonds. The lowest BCUT2D eigenvalue weighted by Crippen LogP contribution is -2.46. The van der Waals surface area contributed by atoms with Gasteiger partial charge in [-0.15, -0.1) is 0 Å². The zero-order valence-electron chi connectivity index (χ0n) is 23.8. The molecule has 4 rings (SSSR count).